The van der Waals surface area contributed by atoms with Gasteiger partial charge in [-0.25, -0.2) is 0 Å². The molecule has 0 unspecified atom stereocenters. The van der Waals surface area contributed by atoms with Gasteiger partial charge in [-0.2, -0.15) is 11.8 Å². The first-order valence-corrected chi connectivity index (χ1v) is 8.34. The summed E-state index contributed by atoms with van der Waals surface area (Å²) in [5.41, 5.74) is 5.57. The van der Waals surface area contributed by atoms with Crippen LogP contribution in [0.5, 0.6) is 0 Å². The van der Waals surface area contributed by atoms with E-state index >= 15 is 0 Å². The molecule has 0 spiro atoms. The smallest absolute Gasteiger partial charge is 0.227 e. The van der Waals surface area contributed by atoms with E-state index in [1.807, 2.05) is 11.8 Å². The van der Waals surface area contributed by atoms with Gasteiger partial charge in [-0.15, -0.1) is 12.4 Å². The number of rotatable bonds is 7. The lowest BCUT2D eigenvalue weighted by Gasteiger charge is -2.33. The van der Waals surface area contributed by atoms with Crippen LogP contribution in [0.25, 0.3) is 0 Å². The number of nitrogens with one attached hydrogen (secondary N) is 1. The SMILES string of the molecule is CCC(CC)(CNC(=O)C1(CN)CCCC1)SC.Cl. The first-order valence-electron chi connectivity index (χ1n) is 7.11. The quantitative estimate of drug-likeness (QED) is 0.760. The fraction of sp³-hybridized carbons (Fsp3) is 0.929. The fourth-order valence-corrected chi connectivity index (χ4v) is 3.66. The number of amides is 1. The van der Waals surface area contributed by atoms with E-state index in [4.69, 9.17) is 5.73 Å². The van der Waals surface area contributed by atoms with Crippen LogP contribution in [-0.2, 0) is 4.79 Å². The summed E-state index contributed by atoms with van der Waals surface area (Å²) in [5.74, 6) is 0.183. The Labute approximate surface area is 128 Å². The molecule has 0 atom stereocenters. The molecule has 0 heterocycles. The maximum atomic E-state index is 12.4. The van der Waals surface area contributed by atoms with E-state index in [-0.39, 0.29) is 28.5 Å². The Hall–Kier alpha value is 0.0700. The maximum absolute atomic E-state index is 12.4. The van der Waals surface area contributed by atoms with Crippen molar-refractivity contribution in [3.8, 4) is 0 Å². The molecule has 0 aliphatic heterocycles. The van der Waals surface area contributed by atoms with Crippen molar-refractivity contribution in [1.29, 1.82) is 0 Å². The minimum atomic E-state index is -0.272. The van der Waals surface area contributed by atoms with Crippen LogP contribution in [0.3, 0.4) is 0 Å². The maximum Gasteiger partial charge on any atom is 0.227 e. The van der Waals surface area contributed by atoms with Crippen molar-refractivity contribution in [1.82, 2.24) is 5.32 Å². The second-order valence-electron chi connectivity index (χ2n) is 5.47. The monoisotopic (exact) mass is 308 g/mol. The number of carbonyl (C=O) groups is 1. The fourth-order valence-electron chi connectivity index (χ4n) is 2.87. The Balaban J connectivity index is 0.00000324. The number of halogens is 1. The molecule has 1 aliphatic rings. The molecular formula is C14H29ClN2OS. The molecule has 3 N–H and O–H groups in total. The predicted octanol–water partition coefficient (Wildman–Crippen LogP) is 2.97. The summed E-state index contributed by atoms with van der Waals surface area (Å²) >= 11 is 1.86. The van der Waals surface area contributed by atoms with E-state index < -0.39 is 0 Å². The predicted molar refractivity (Wildman–Crippen MR) is 87.0 cm³/mol. The molecule has 1 rings (SSSR count). The molecule has 0 aromatic heterocycles. The van der Waals surface area contributed by atoms with Gasteiger partial charge in [0.05, 0.1) is 5.41 Å². The number of hydrogen-bond donors (Lipinski definition) is 2. The first-order chi connectivity index (χ1) is 8.58. The van der Waals surface area contributed by atoms with Crippen molar-refractivity contribution in [3.63, 3.8) is 0 Å². The Bertz CT molecular complexity index is 268. The standard InChI is InChI=1S/C14H28N2OS.ClH/c1-4-14(5-2,18-3)11-16-12(17)13(10-15)8-6-7-9-13;/h4-11,15H2,1-3H3,(H,16,17);1H. The lowest BCUT2D eigenvalue weighted by atomic mass is 9.85. The minimum Gasteiger partial charge on any atom is -0.354 e. The normalized spacial score (nSPS) is 17.9. The molecule has 19 heavy (non-hydrogen) atoms. The highest BCUT2D eigenvalue weighted by atomic mass is 35.5. The highest BCUT2D eigenvalue weighted by Crippen LogP contribution is 2.38. The van der Waals surface area contributed by atoms with Gasteiger partial charge < -0.3 is 11.1 Å². The number of thioether (sulfide) groups is 1. The zero-order chi connectivity index (χ0) is 13.6. The van der Waals surface area contributed by atoms with Crippen LogP contribution in [0.1, 0.15) is 52.4 Å². The highest BCUT2D eigenvalue weighted by molar-refractivity contribution is 8.00. The molecule has 0 aromatic carbocycles. The summed E-state index contributed by atoms with van der Waals surface area (Å²) in [4.78, 5) is 12.4. The van der Waals surface area contributed by atoms with Gasteiger partial charge in [0.2, 0.25) is 5.91 Å². The largest absolute Gasteiger partial charge is 0.354 e. The summed E-state index contributed by atoms with van der Waals surface area (Å²) in [6.07, 6.45) is 8.49. The van der Waals surface area contributed by atoms with E-state index in [2.05, 4.69) is 25.4 Å². The van der Waals surface area contributed by atoms with Gasteiger partial charge in [0.1, 0.15) is 0 Å². The molecule has 3 nitrogen and oxygen atoms in total. The molecule has 5 heteroatoms. The van der Waals surface area contributed by atoms with Crippen LogP contribution in [0.4, 0.5) is 0 Å². The topological polar surface area (TPSA) is 55.1 Å². The molecule has 0 aromatic rings. The second-order valence-corrected chi connectivity index (χ2v) is 6.74. The Morgan fingerprint density at radius 1 is 1.32 bits per heavy atom. The zero-order valence-corrected chi connectivity index (χ0v) is 14.1. The van der Waals surface area contributed by atoms with E-state index in [1.165, 1.54) is 0 Å². The minimum absolute atomic E-state index is 0. The number of carbonyl (C=O) groups excluding carboxylic acids is 1. The lowest BCUT2D eigenvalue weighted by Crippen LogP contribution is -2.48. The first kappa shape index (κ1) is 19.1. The van der Waals surface area contributed by atoms with Crippen LogP contribution in [0, 0.1) is 5.41 Å². The van der Waals surface area contributed by atoms with Crippen molar-refractivity contribution < 1.29 is 4.79 Å². The van der Waals surface area contributed by atoms with E-state index in [0.717, 1.165) is 45.1 Å². The van der Waals surface area contributed by atoms with Crippen LogP contribution < -0.4 is 11.1 Å². The van der Waals surface area contributed by atoms with Crippen molar-refractivity contribution in [2.75, 3.05) is 19.3 Å². The average Bonchev–Trinajstić information content (AvgIpc) is 2.91. The molecule has 0 radical (unpaired) electrons. The van der Waals surface area contributed by atoms with Gasteiger partial charge >= 0.3 is 0 Å². The lowest BCUT2D eigenvalue weighted by molar-refractivity contribution is -0.130. The van der Waals surface area contributed by atoms with Gasteiger partial charge in [-0.3, -0.25) is 4.79 Å². The molecular weight excluding hydrogens is 280 g/mol. The summed E-state index contributed by atoms with van der Waals surface area (Å²) in [6, 6.07) is 0. The van der Waals surface area contributed by atoms with Gasteiger partial charge in [0.15, 0.2) is 0 Å². The number of hydrogen-bond acceptors (Lipinski definition) is 3. The third kappa shape index (κ3) is 4.27. The van der Waals surface area contributed by atoms with Crippen LogP contribution in [0.15, 0.2) is 0 Å². The third-order valence-electron chi connectivity index (χ3n) is 4.73. The van der Waals surface area contributed by atoms with Crippen LogP contribution in [0.2, 0.25) is 0 Å². The molecule has 1 saturated carbocycles. The van der Waals surface area contributed by atoms with Crippen molar-refractivity contribution in [3.05, 3.63) is 0 Å². The molecule has 114 valence electrons. The van der Waals surface area contributed by atoms with Gasteiger partial charge in [0.25, 0.3) is 0 Å². The van der Waals surface area contributed by atoms with Crippen LogP contribution in [-0.4, -0.2) is 30.0 Å². The molecule has 1 amide bonds. The van der Waals surface area contributed by atoms with Crippen molar-refractivity contribution in [2.45, 2.75) is 57.1 Å². The summed E-state index contributed by atoms with van der Waals surface area (Å²) in [5, 5.41) is 3.17. The Kier molecular flexibility index (Phi) is 8.41. The zero-order valence-electron chi connectivity index (χ0n) is 12.5. The molecule has 0 bridgehead atoms. The number of nitrogens with two attached hydrogens (primary N) is 1. The molecule has 1 aliphatic carbocycles. The summed E-state index contributed by atoms with van der Waals surface area (Å²) < 4.78 is 0.185. The summed E-state index contributed by atoms with van der Waals surface area (Å²) in [6.45, 7) is 5.64. The van der Waals surface area contributed by atoms with Gasteiger partial charge in [-0.05, 0) is 31.9 Å². The van der Waals surface area contributed by atoms with Gasteiger partial charge in [-0.1, -0.05) is 26.7 Å². The van der Waals surface area contributed by atoms with Crippen molar-refractivity contribution >= 4 is 30.1 Å². The highest BCUT2D eigenvalue weighted by Gasteiger charge is 2.40. The average molecular weight is 309 g/mol. The Morgan fingerprint density at radius 3 is 2.21 bits per heavy atom. The van der Waals surface area contributed by atoms with E-state index in [9.17, 15) is 4.79 Å². The van der Waals surface area contributed by atoms with E-state index in [0.29, 0.717) is 6.54 Å². The Morgan fingerprint density at radius 2 is 1.84 bits per heavy atom. The van der Waals surface area contributed by atoms with Crippen LogP contribution >= 0.6 is 24.2 Å². The van der Waals surface area contributed by atoms with E-state index in [1.54, 1.807) is 0 Å². The third-order valence-corrected chi connectivity index (χ3v) is 6.31. The second kappa shape index (κ2) is 8.38. The summed E-state index contributed by atoms with van der Waals surface area (Å²) in [7, 11) is 0. The molecule has 1 fully saturated rings. The molecule has 0 saturated heterocycles. The van der Waals surface area contributed by atoms with Gasteiger partial charge in [0, 0.05) is 17.8 Å². The van der Waals surface area contributed by atoms with Crippen molar-refractivity contribution in [2.24, 2.45) is 11.1 Å².